The maximum Gasteiger partial charge on any atom is 0.157 e. The average Bonchev–Trinajstić information content (AvgIpc) is 3.09. The van der Waals surface area contributed by atoms with Crippen LogP contribution < -0.4 is 5.32 Å². The van der Waals surface area contributed by atoms with Gasteiger partial charge in [-0.1, -0.05) is 51.4 Å². The van der Waals surface area contributed by atoms with Gasteiger partial charge in [0.1, 0.15) is 0 Å². The van der Waals surface area contributed by atoms with Gasteiger partial charge in [-0.2, -0.15) is 0 Å². The Morgan fingerprint density at radius 3 is 2.68 bits per heavy atom. The van der Waals surface area contributed by atoms with E-state index in [2.05, 4.69) is 43.6 Å². The Kier molecular flexibility index (Phi) is 5.76. The van der Waals surface area contributed by atoms with Crippen molar-refractivity contribution in [1.29, 1.82) is 0 Å². The number of thioether (sulfide) groups is 1. The third-order valence-corrected chi connectivity index (χ3v) is 6.14. The summed E-state index contributed by atoms with van der Waals surface area (Å²) in [5.74, 6) is 0.801. The Bertz CT molecular complexity index is 396. The van der Waals surface area contributed by atoms with Crippen LogP contribution in [0.5, 0.6) is 0 Å². The van der Waals surface area contributed by atoms with Crippen LogP contribution in [0.25, 0.3) is 0 Å². The van der Waals surface area contributed by atoms with Gasteiger partial charge in [0.25, 0.3) is 0 Å². The lowest BCUT2D eigenvalue weighted by molar-refractivity contribution is 0.479. The van der Waals surface area contributed by atoms with Gasteiger partial charge < -0.3 is 5.32 Å². The molecule has 1 aliphatic heterocycles. The first-order chi connectivity index (χ1) is 9.28. The molecule has 0 aliphatic carbocycles. The Hall–Kier alpha value is -0.480. The van der Waals surface area contributed by atoms with Gasteiger partial charge in [0.05, 0.1) is 12.6 Å². The van der Waals surface area contributed by atoms with E-state index >= 15 is 0 Å². The minimum absolute atomic E-state index is 0.423. The zero-order chi connectivity index (χ0) is 13.7. The van der Waals surface area contributed by atoms with Crippen LogP contribution in [0.4, 0.5) is 0 Å². The number of thiophene rings is 1. The molecular formula is C15H24N2S2. The van der Waals surface area contributed by atoms with Crippen LogP contribution in [-0.4, -0.2) is 17.0 Å². The molecule has 1 aromatic rings. The molecule has 2 rings (SSSR count). The third kappa shape index (κ3) is 3.76. The maximum absolute atomic E-state index is 4.70. The quantitative estimate of drug-likeness (QED) is 0.823. The molecule has 2 atom stereocenters. The highest BCUT2D eigenvalue weighted by molar-refractivity contribution is 8.14. The summed E-state index contributed by atoms with van der Waals surface area (Å²) in [4.78, 5) is 6.12. The number of rotatable bonds is 6. The standard InChI is InChI=1S/C15H24N2S2/c1-4-11(5-2)14-10-16-15(19-14)17-12(6-3)13-8-7-9-18-13/h7-9,11-12,14H,4-6,10H2,1-3H3,(H,16,17). The highest BCUT2D eigenvalue weighted by Crippen LogP contribution is 2.32. The van der Waals surface area contributed by atoms with Crippen molar-refractivity contribution in [3.63, 3.8) is 0 Å². The second-order valence-electron chi connectivity index (χ2n) is 5.00. The zero-order valence-corrected chi connectivity index (χ0v) is 13.7. The van der Waals surface area contributed by atoms with Gasteiger partial charge in [-0.05, 0) is 23.8 Å². The molecule has 0 bridgehead atoms. The lowest BCUT2D eigenvalue weighted by atomic mass is 9.99. The van der Waals surface area contributed by atoms with Crippen LogP contribution in [0.2, 0.25) is 0 Å². The summed E-state index contributed by atoms with van der Waals surface area (Å²) in [7, 11) is 0. The third-order valence-electron chi connectivity index (χ3n) is 3.84. The maximum atomic E-state index is 4.70. The summed E-state index contributed by atoms with van der Waals surface area (Å²) in [6.07, 6.45) is 3.63. The summed E-state index contributed by atoms with van der Waals surface area (Å²) >= 11 is 3.78. The lowest BCUT2D eigenvalue weighted by Crippen LogP contribution is -2.25. The number of nitrogens with zero attached hydrogens (tertiary/aromatic N) is 1. The smallest absolute Gasteiger partial charge is 0.157 e. The topological polar surface area (TPSA) is 24.4 Å². The van der Waals surface area contributed by atoms with E-state index in [1.165, 1.54) is 17.7 Å². The Morgan fingerprint density at radius 2 is 2.11 bits per heavy atom. The van der Waals surface area contributed by atoms with E-state index in [-0.39, 0.29) is 0 Å². The number of amidine groups is 1. The molecule has 0 spiro atoms. The van der Waals surface area contributed by atoms with Crippen molar-refractivity contribution >= 4 is 28.3 Å². The second-order valence-corrected chi connectivity index (χ2v) is 7.21. The van der Waals surface area contributed by atoms with Gasteiger partial charge in [-0.3, -0.25) is 4.99 Å². The van der Waals surface area contributed by atoms with Crippen LogP contribution in [0, 0.1) is 5.92 Å². The van der Waals surface area contributed by atoms with E-state index in [0.29, 0.717) is 11.3 Å². The zero-order valence-electron chi connectivity index (χ0n) is 12.1. The van der Waals surface area contributed by atoms with E-state index < -0.39 is 0 Å². The molecule has 1 aromatic heterocycles. The highest BCUT2D eigenvalue weighted by atomic mass is 32.2. The molecule has 0 saturated carbocycles. The van der Waals surface area contributed by atoms with Crippen molar-refractivity contribution in [2.45, 2.75) is 51.3 Å². The van der Waals surface area contributed by atoms with E-state index in [1.807, 2.05) is 23.1 Å². The number of aliphatic imine (C=N–C) groups is 1. The van der Waals surface area contributed by atoms with E-state index in [0.717, 1.165) is 24.1 Å². The van der Waals surface area contributed by atoms with Crippen LogP contribution >= 0.6 is 23.1 Å². The van der Waals surface area contributed by atoms with Crippen molar-refractivity contribution in [2.24, 2.45) is 10.9 Å². The van der Waals surface area contributed by atoms with Crippen LogP contribution in [0.3, 0.4) is 0 Å². The van der Waals surface area contributed by atoms with Gasteiger partial charge >= 0.3 is 0 Å². The first kappa shape index (κ1) is 14.9. The van der Waals surface area contributed by atoms with Gasteiger partial charge in [-0.15, -0.1) is 11.3 Å². The van der Waals surface area contributed by atoms with Crippen molar-refractivity contribution in [1.82, 2.24) is 5.32 Å². The molecule has 4 heteroatoms. The van der Waals surface area contributed by atoms with Gasteiger partial charge in [-0.25, -0.2) is 0 Å². The highest BCUT2D eigenvalue weighted by Gasteiger charge is 2.27. The Morgan fingerprint density at radius 1 is 1.32 bits per heavy atom. The Balaban J connectivity index is 1.90. The van der Waals surface area contributed by atoms with Crippen molar-refractivity contribution in [2.75, 3.05) is 6.54 Å². The van der Waals surface area contributed by atoms with Gasteiger partial charge in [0.2, 0.25) is 0 Å². The minimum Gasteiger partial charge on any atom is -0.357 e. The van der Waals surface area contributed by atoms with Crippen LogP contribution in [0.1, 0.15) is 51.0 Å². The molecule has 0 amide bonds. The minimum atomic E-state index is 0.423. The molecule has 1 N–H and O–H groups in total. The first-order valence-electron chi connectivity index (χ1n) is 7.29. The molecular weight excluding hydrogens is 272 g/mol. The molecule has 1 aliphatic rings. The summed E-state index contributed by atoms with van der Waals surface area (Å²) < 4.78 is 0. The second kappa shape index (κ2) is 7.34. The normalized spacial score (nSPS) is 20.6. The average molecular weight is 297 g/mol. The molecule has 0 saturated heterocycles. The first-order valence-corrected chi connectivity index (χ1v) is 9.05. The summed E-state index contributed by atoms with van der Waals surface area (Å²) in [5.41, 5.74) is 0. The van der Waals surface area contributed by atoms with E-state index in [1.54, 1.807) is 0 Å². The van der Waals surface area contributed by atoms with Crippen molar-refractivity contribution < 1.29 is 0 Å². The number of hydrogen-bond acceptors (Lipinski definition) is 4. The molecule has 2 unspecified atom stereocenters. The largest absolute Gasteiger partial charge is 0.357 e. The van der Waals surface area contributed by atoms with E-state index in [4.69, 9.17) is 4.99 Å². The fourth-order valence-electron chi connectivity index (χ4n) is 2.54. The van der Waals surface area contributed by atoms with Gasteiger partial charge in [0, 0.05) is 10.1 Å². The van der Waals surface area contributed by atoms with Crippen molar-refractivity contribution in [3.05, 3.63) is 22.4 Å². The molecule has 2 heterocycles. The molecule has 19 heavy (non-hydrogen) atoms. The number of nitrogens with one attached hydrogen (secondary N) is 1. The molecule has 0 aromatic carbocycles. The number of hydrogen-bond donors (Lipinski definition) is 1. The lowest BCUT2D eigenvalue weighted by Gasteiger charge is -2.20. The SMILES string of the molecule is CCC(NC1=NCC(C(CC)CC)S1)c1cccs1. The summed E-state index contributed by atoms with van der Waals surface area (Å²) in [6, 6.07) is 4.76. The summed E-state index contributed by atoms with van der Waals surface area (Å²) in [6.45, 7) is 7.80. The van der Waals surface area contributed by atoms with Crippen molar-refractivity contribution in [3.8, 4) is 0 Å². The molecule has 0 fully saturated rings. The predicted octanol–water partition coefficient (Wildman–Crippen LogP) is 4.70. The van der Waals surface area contributed by atoms with Crippen LogP contribution in [0.15, 0.2) is 22.5 Å². The fourth-order valence-corrected chi connectivity index (χ4v) is 4.78. The fraction of sp³-hybridized carbons (Fsp3) is 0.667. The summed E-state index contributed by atoms with van der Waals surface area (Å²) in [5, 5.41) is 7.60. The predicted molar refractivity (Wildman–Crippen MR) is 88.2 cm³/mol. The molecule has 2 nitrogen and oxygen atoms in total. The monoisotopic (exact) mass is 296 g/mol. The van der Waals surface area contributed by atoms with Gasteiger partial charge in [0.15, 0.2) is 5.17 Å². The Labute approximate surface area is 125 Å². The van der Waals surface area contributed by atoms with E-state index in [9.17, 15) is 0 Å². The molecule has 106 valence electrons. The molecule has 0 radical (unpaired) electrons. The van der Waals surface area contributed by atoms with Crippen LogP contribution in [-0.2, 0) is 0 Å².